The molecule has 162 valence electrons. The molecular formula is C18H19Cl2N9S2. The smallest absolute Gasteiger partial charge is 0.254 e. The van der Waals surface area contributed by atoms with Crippen LogP contribution >= 0.6 is 46.7 Å². The maximum absolute atomic E-state index is 6.28. The van der Waals surface area contributed by atoms with Crippen LogP contribution in [0, 0.1) is 6.92 Å². The minimum absolute atomic E-state index is 0.516. The van der Waals surface area contributed by atoms with E-state index >= 15 is 0 Å². The Hall–Kier alpha value is -1.92. The molecule has 3 aromatic heterocycles. The van der Waals surface area contributed by atoms with Gasteiger partial charge in [-0.25, -0.2) is 9.67 Å². The number of benzene rings is 1. The molecular weight excluding hydrogens is 477 g/mol. The summed E-state index contributed by atoms with van der Waals surface area (Å²) in [5, 5.41) is 20.0. The Morgan fingerprint density at radius 1 is 1.13 bits per heavy atom. The molecule has 1 aromatic carbocycles. The van der Waals surface area contributed by atoms with Crippen LogP contribution in [-0.4, -0.2) is 65.3 Å². The first kappa shape index (κ1) is 22.3. The van der Waals surface area contributed by atoms with Crippen LogP contribution in [0.2, 0.25) is 10.0 Å². The molecule has 13 heteroatoms. The molecule has 0 bridgehead atoms. The summed E-state index contributed by atoms with van der Waals surface area (Å²) in [7, 11) is 4.02. The Kier molecular flexibility index (Phi) is 6.97. The standard InChI is InChI=1S/C18H19Cl2N9S2/c1-11-9-15(31-18-23-25-26-28(18)8-7-27(2)3)29-16(21-11)22-17(24-29)30-10-12-13(19)5-4-6-14(12)20/h4-6,9H,7-8,10H2,1-3H3. The lowest BCUT2D eigenvalue weighted by Crippen LogP contribution is -2.19. The number of rotatable bonds is 8. The normalized spacial score (nSPS) is 11.7. The van der Waals surface area contributed by atoms with Crippen molar-refractivity contribution in [3.05, 3.63) is 45.6 Å². The van der Waals surface area contributed by atoms with E-state index in [0.717, 1.165) is 22.8 Å². The molecule has 0 saturated carbocycles. The Morgan fingerprint density at radius 2 is 1.90 bits per heavy atom. The van der Waals surface area contributed by atoms with Crippen molar-refractivity contribution in [2.24, 2.45) is 0 Å². The lowest BCUT2D eigenvalue weighted by atomic mass is 10.2. The molecule has 0 atom stereocenters. The van der Waals surface area contributed by atoms with Gasteiger partial charge in [0.2, 0.25) is 10.3 Å². The number of halogens is 2. The number of hydrogen-bond donors (Lipinski definition) is 0. The first-order valence-electron chi connectivity index (χ1n) is 9.29. The Labute approximate surface area is 197 Å². The third-order valence-corrected chi connectivity index (χ3v) is 6.80. The zero-order valence-corrected chi connectivity index (χ0v) is 20.2. The highest BCUT2D eigenvalue weighted by Gasteiger charge is 2.16. The predicted octanol–water partition coefficient (Wildman–Crippen LogP) is 3.73. The number of likely N-dealkylation sites (N-methyl/N-ethyl adjacent to an activating group) is 1. The molecule has 9 nitrogen and oxygen atoms in total. The minimum atomic E-state index is 0.516. The SMILES string of the molecule is Cc1cc(Sc2nnnn2CCN(C)C)n2nc(SCc3c(Cl)cccc3Cl)nc2n1. The summed E-state index contributed by atoms with van der Waals surface area (Å²) in [6, 6.07) is 7.40. The molecule has 0 N–H and O–H groups in total. The molecule has 0 aliphatic carbocycles. The second kappa shape index (κ2) is 9.70. The van der Waals surface area contributed by atoms with E-state index < -0.39 is 0 Å². The fourth-order valence-electron chi connectivity index (χ4n) is 2.67. The molecule has 4 aromatic rings. The van der Waals surface area contributed by atoms with Gasteiger partial charge in [0, 0.05) is 28.0 Å². The Bertz CT molecular complexity index is 1190. The lowest BCUT2D eigenvalue weighted by molar-refractivity contribution is 0.361. The van der Waals surface area contributed by atoms with Crippen molar-refractivity contribution < 1.29 is 0 Å². The number of hydrogen-bond acceptors (Lipinski definition) is 9. The van der Waals surface area contributed by atoms with E-state index in [0.29, 0.717) is 38.4 Å². The number of aromatic nitrogens is 8. The zero-order chi connectivity index (χ0) is 22.0. The highest BCUT2D eigenvalue weighted by molar-refractivity contribution is 7.99. The minimum Gasteiger partial charge on any atom is -0.308 e. The summed E-state index contributed by atoms with van der Waals surface area (Å²) in [4.78, 5) is 11.1. The summed E-state index contributed by atoms with van der Waals surface area (Å²) in [5.74, 6) is 1.07. The second-order valence-electron chi connectivity index (χ2n) is 6.92. The van der Waals surface area contributed by atoms with Crippen LogP contribution in [0.1, 0.15) is 11.3 Å². The fourth-order valence-corrected chi connectivity index (χ4v) is 5.17. The van der Waals surface area contributed by atoms with Crippen LogP contribution < -0.4 is 0 Å². The van der Waals surface area contributed by atoms with E-state index in [2.05, 4.69) is 35.5 Å². The van der Waals surface area contributed by atoms with Crippen LogP contribution in [0.3, 0.4) is 0 Å². The van der Waals surface area contributed by atoms with Gasteiger partial charge in [-0.15, -0.1) is 10.2 Å². The Morgan fingerprint density at radius 3 is 2.65 bits per heavy atom. The molecule has 0 aliphatic heterocycles. The molecule has 0 saturated heterocycles. The van der Waals surface area contributed by atoms with Gasteiger partial charge in [0.1, 0.15) is 5.03 Å². The zero-order valence-electron chi connectivity index (χ0n) is 17.0. The average Bonchev–Trinajstić information content (AvgIpc) is 3.32. The quantitative estimate of drug-likeness (QED) is 0.267. The number of nitrogens with zero attached hydrogens (tertiary/aromatic N) is 9. The van der Waals surface area contributed by atoms with Crippen molar-refractivity contribution in [2.75, 3.05) is 20.6 Å². The summed E-state index contributed by atoms with van der Waals surface area (Å²) < 4.78 is 3.48. The van der Waals surface area contributed by atoms with Gasteiger partial charge in [0.25, 0.3) is 5.78 Å². The first-order valence-corrected chi connectivity index (χ1v) is 11.9. The van der Waals surface area contributed by atoms with E-state index in [9.17, 15) is 0 Å². The molecule has 0 unspecified atom stereocenters. The summed E-state index contributed by atoms with van der Waals surface area (Å²) in [6.07, 6.45) is 0. The van der Waals surface area contributed by atoms with Gasteiger partial charge >= 0.3 is 0 Å². The van der Waals surface area contributed by atoms with E-state index in [1.807, 2.05) is 45.3 Å². The number of tetrazole rings is 1. The molecule has 0 fully saturated rings. The molecule has 0 radical (unpaired) electrons. The van der Waals surface area contributed by atoms with Crippen LogP contribution in [0.25, 0.3) is 5.78 Å². The van der Waals surface area contributed by atoms with Crippen LogP contribution in [0.15, 0.2) is 39.6 Å². The van der Waals surface area contributed by atoms with Gasteiger partial charge < -0.3 is 4.90 Å². The maximum Gasteiger partial charge on any atom is 0.254 e. The summed E-state index contributed by atoms with van der Waals surface area (Å²) in [6.45, 7) is 3.44. The van der Waals surface area contributed by atoms with Gasteiger partial charge in [-0.1, -0.05) is 41.0 Å². The third kappa shape index (κ3) is 5.29. The van der Waals surface area contributed by atoms with E-state index in [4.69, 9.17) is 23.2 Å². The molecule has 0 spiro atoms. The van der Waals surface area contributed by atoms with Crippen LogP contribution in [0.4, 0.5) is 0 Å². The maximum atomic E-state index is 6.28. The Balaban J connectivity index is 1.58. The largest absolute Gasteiger partial charge is 0.308 e. The predicted molar refractivity (Wildman–Crippen MR) is 122 cm³/mol. The van der Waals surface area contributed by atoms with E-state index in [1.54, 1.807) is 9.20 Å². The molecule has 4 rings (SSSR count). The topological polar surface area (TPSA) is 89.9 Å². The number of thioether (sulfide) groups is 1. The number of aryl methyl sites for hydroxylation is 1. The van der Waals surface area contributed by atoms with Gasteiger partial charge in [-0.3, -0.25) is 0 Å². The number of fused-ring (bicyclic) bond motifs is 1. The molecule has 3 heterocycles. The van der Waals surface area contributed by atoms with Crippen molar-refractivity contribution in [1.82, 2.24) is 44.7 Å². The van der Waals surface area contributed by atoms with Crippen molar-refractivity contribution in [1.29, 1.82) is 0 Å². The molecule has 31 heavy (non-hydrogen) atoms. The molecule has 0 amide bonds. The van der Waals surface area contributed by atoms with Crippen molar-refractivity contribution in [2.45, 2.75) is 34.6 Å². The fraction of sp³-hybridized carbons (Fsp3) is 0.333. The monoisotopic (exact) mass is 495 g/mol. The average molecular weight is 496 g/mol. The van der Waals surface area contributed by atoms with Crippen molar-refractivity contribution in [3.8, 4) is 0 Å². The lowest BCUT2D eigenvalue weighted by Gasteiger charge is -2.10. The van der Waals surface area contributed by atoms with Gasteiger partial charge in [0.15, 0.2) is 0 Å². The summed E-state index contributed by atoms with van der Waals surface area (Å²) >= 11 is 15.4. The van der Waals surface area contributed by atoms with Crippen molar-refractivity contribution >= 4 is 52.5 Å². The van der Waals surface area contributed by atoms with Crippen LogP contribution in [0.5, 0.6) is 0 Å². The highest BCUT2D eigenvalue weighted by atomic mass is 35.5. The highest BCUT2D eigenvalue weighted by Crippen LogP contribution is 2.31. The first-order chi connectivity index (χ1) is 14.9. The van der Waals surface area contributed by atoms with Crippen LogP contribution in [-0.2, 0) is 12.3 Å². The van der Waals surface area contributed by atoms with E-state index in [1.165, 1.54) is 23.5 Å². The summed E-state index contributed by atoms with van der Waals surface area (Å²) in [5.41, 5.74) is 1.69. The third-order valence-electron chi connectivity index (χ3n) is 4.25. The van der Waals surface area contributed by atoms with Gasteiger partial charge in [-0.05, 0) is 67.0 Å². The van der Waals surface area contributed by atoms with Gasteiger partial charge in [0.05, 0.1) is 6.54 Å². The molecule has 0 aliphatic rings. The second-order valence-corrected chi connectivity index (χ2v) is 9.67. The van der Waals surface area contributed by atoms with Gasteiger partial charge in [-0.2, -0.15) is 9.50 Å². The van der Waals surface area contributed by atoms with E-state index in [-0.39, 0.29) is 0 Å². The van der Waals surface area contributed by atoms with Crippen molar-refractivity contribution in [3.63, 3.8) is 0 Å².